The zero-order valence-electron chi connectivity index (χ0n) is 15.2. The number of nitrogens with zero attached hydrogens (tertiary/aromatic N) is 1. The van der Waals surface area contributed by atoms with Gasteiger partial charge in [-0.1, -0.05) is 12.8 Å². The van der Waals surface area contributed by atoms with Crippen molar-refractivity contribution in [3.63, 3.8) is 0 Å². The van der Waals surface area contributed by atoms with Gasteiger partial charge in [0.1, 0.15) is 0 Å². The van der Waals surface area contributed by atoms with Crippen LogP contribution in [0, 0.1) is 5.41 Å². The van der Waals surface area contributed by atoms with E-state index in [-0.39, 0.29) is 11.2 Å². The first-order chi connectivity index (χ1) is 12.5. The van der Waals surface area contributed by atoms with Crippen LogP contribution in [0.25, 0.3) is 0 Å². The van der Waals surface area contributed by atoms with Crippen LogP contribution in [-0.2, 0) is 9.84 Å². The lowest BCUT2D eigenvalue weighted by molar-refractivity contribution is 0.0607. The molecule has 1 aliphatic carbocycles. The van der Waals surface area contributed by atoms with E-state index in [1.165, 1.54) is 6.42 Å². The van der Waals surface area contributed by atoms with Crippen molar-refractivity contribution in [3.05, 3.63) is 29.8 Å². The Bertz CT molecular complexity index is 751. The largest absolute Gasteiger partial charge is 0.339 e. The number of carbonyl (C=O) groups excluding carboxylic acids is 1. The molecule has 2 saturated heterocycles. The third-order valence-corrected chi connectivity index (χ3v) is 8.89. The second kappa shape index (κ2) is 6.97. The molecular weight excluding hydrogens is 348 g/mol. The maximum Gasteiger partial charge on any atom is 0.253 e. The van der Waals surface area contributed by atoms with Crippen molar-refractivity contribution in [2.24, 2.45) is 5.41 Å². The van der Waals surface area contributed by atoms with Crippen LogP contribution in [0.1, 0.15) is 55.3 Å². The van der Waals surface area contributed by atoms with Crippen molar-refractivity contribution in [2.75, 3.05) is 26.2 Å². The summed E-state index contributed by atoms with van der Waals surface area (Å²) in [4.78, 5) is 15.1. The highest BCUT2D eigenvalue weighted by atomic mass is 32.2. The summed E-state index contributed by atoms with van der Waals surface area (Å²) < 4.78 is 25.3. The van der Waals surface area contributed by atoms with Gasteiger partial charge >= 0.3 is 0 Å². The summed E-state index contributed by atoms with van der Waals surface area (Å²) in [5, 5.41) is 3.19. The fourth-order valence-electron chi connectivity index (χ4n) is 4.77. The van der Waals surface area contributed by atoms with E-state index in [0.29, 0.717) is 15.9 Å². The molecule has 0 atom stereocenters. The van der Waals surface area contributed by atoms with Gasteiger partial charge in [-0.05, 0) is 68.3 Å². The lowest BCUT2D eigenvalue weighted by Crippen LogP contribution is -2.44. The van der Waals surface area contributed by atoms with E-state index in [0.717, 1.165) is 64.7 Å². The first kappa shape index (κ1) is 18.0. The monoisotopic (exact) mass is 376 g/mol. The third-order valence-electron chi connectivity index (χ3n) is 6.61. The molecule has 1 saturated carbocycles. The van der Waals surface area contributed by atoms with E-state index in [1.807, 2.05) is 4.90 Å². The number of nitrogens with one attached hydrogen (secondary N) is 1. The van der Waals surface area contributed by atoms with E-state index in [4.69, 9.17) is 0 Å². The summed E-state index contributed by atoms with van der Waals surface area (Å²) in [6, 6.07) is 6.61. The Hall–Kier alpha value is -1.40. The first-order valence-electron chi connectivity index (χ1n) is 9.84. The maximum absolute atomic E-state index is 12.8. The zero-order valence-corrected chi connectivity index (χ0v) is 16.1. The lowest BCUT2D eigenvalue weighted by atomic mass is 9.78. The molecule has 2 heterocycles. The Labute approximate surface area is 156 Å². The molecule has 1 N–H and O–H groups in total. The van der Waals surface area contributed by atoms with Crippen molar-refractivity contribution >= 4 is 15.7 Å². The number of hydrogen-bond donors (Lipinski definition) is 1. The molecule has 1 aromatic carbocycles. The van der Waals surface area contributed by atoms with Gasteiger partial charge < -0.3 is 10.2 Å². The second-order valence-electron chi connectivity index (χ2n) is 8.19. The fraction of sp³-hybridized carbons (Fsp3) is 0.650. The van der Waals surface area contributed by atoms with Crippen LogP contribution in [0.2, 0.25) is 0 Å². The van der Waals surface area contributed by atoms with E-state index in [2.05, 4.69) is 5.32 Å². The van der Waals surface area contributed by atoms with Crippen molar-refractivity contribution in [2.45, 2.75) is 55.1 Å². The van der Waals surface area contributed by atoms with Crippen LogP contribution < -0.4 is 5.32 Å². The van der Waals surface area contributed by atoms with Gasteiger partial charge in [-0.25, -0.2) is 8.42 Å². The number of carbonyl (C=O) groups is 1. The van der Waals surface area contributed by atoms with Gasteiger partial charge in [-0.2, -0.15) is 0 Å². The number of piperidine rings is 1. The Morgan fingerprint density at radius 2 is 1.69 bits per heavy atom. The van der Waals surface area contributed by atoms with E-state index >= 15 is 0 Å². The minimum absolute atomic E-state index is 0.0237. The summed E-state index contributed by atoms with van der Waals surface area (Å²) in [6.45, 7) is 3.75. The van der Waals surface area contributed by atoms with E-state index in [9.17, 15) is 13.2 Å². The van der Waals surface area contributed by atoms with Crippen molar-refractivity contribution in [1.29, 1.82) is 0 Å². The second-order valence-corrected chi connectivity index (χ2v) is 10.4. The summed E-state index contributed by atoms with van der Waals surface area (Å²) >= 11 is 0. The van der Waals surface area contributed by atoms with Crippen LogP contribution in [-0.4, -0.2) is 50.7 Å². The molecule has 0 unspecified atom stereocenters. The summed E-state index contributed by atoms with van der Waals surface area (Å²) in [6.07, 6.45) is 6.82. The maximum atomic E-state index is 12.8. The van der Waals surface area contributed by atoms with Crippen LogP contribution in [0.5, 0.6) is 0 Å². The standard InChI is InChI=1S/C20H28N2O3S/c23-19(22-13-10-20(11-14-22)9-12-21-15-20)16-5-7-18(8-6-16)26(24,25)17-3-1-2-4-17/h5-8,17,21H,1-4,9-15H2. The molecule has 0 radical (unpaired) electrons. The first-order valence-corrected chi connectivity index (χ1v) is 11.4. The van der Waals surface area contributed by atoms with Gasteiger partial charge in [0.2, 0.25) is 0 Å². The number of likely N-dealkylation sites (tertiary alicyclic amines) is 1. The molecule has 0 bridgehead atoms. The topological polar surface area (TPSA) is 66.5 Å². The average Bonchev–Trinajstić information content (AvgIpc) is 3.35. The van der Waals surface area contributed by atoms with Gasteiger partial charge in [-0.15, -0.1) is 0 Å². The average molecular weight is 377 g/mol. The molecule has 4 rings (SSSR count). The predicted molar refractivity (Wildman–Crippen MR) is 101 cm³/mol. The normalized spacial score (nSPS) is 23.6. The molecule has 1 spiro atoms. The third kappa shape index (κ3) is 3.29. The zero-order chi connectivity index (χ0) is 18.2. The Morgan fingerprint density at radius 1 is 1.04 bits per heavy atom. The Morgan fingerprint density at radius 3 is 2.27 bits per heavy atom. The molecule has 6 heteroatoms. The minimum Gasteiger partial charge on any atom is -0.339 e. The van der Waals surface area contributed by atoms with Crippen LogP contribution in [0.15, 0.2) is 29.2 Å². The van der Waals surface area contributed by atoms with Gasteiger partial charge in [0.05, 0.1) is 10.1 Å². The molecule has 1 aromatic rings. The van der Waals surface area contributed by atoms with E-state index < -0.39 is 9.84 Å². The molecular formula is C20H28N2O3S. The molecule has 2 aliphatic heterocycles. The van der Waals surface area contributed by atoms with E-state index in [1.54, 1.807) is 24.3 Å². The quantitative estimate of drug-likeness (QED) is 0.881. The molecule has 5 nitrogen and oxygen atoms in total. The number of benzene rings is 1. The molecule has 0 aromatic heterocycles. The van der Waals surface area contributed by atoms with Crippen molar-refractivity contribution in [1.82, 2.24) is 10.2 Å². The molecule has 3 aliphatic rings. The smallest absolute Gasteiger partial charge is 0.253 e. The summed E-state index contributed by atoms with van der Waals surface area (Å²) in [7, 11) is -3.25. The van der Waals surface area contributed by atoms with Gasteiger partial charge in [0.25, 0.3) is 5.91 Å². The summed E-state index contributed by atoms with van der Waals surface area (Å²) in [5.41, 5.74) is 0.978. The molecule has 1 amide bonds. The highest BCUT2D eigenvalue weighted by Gasteiger charge is 2.38. The number of sulfone groups is 1. The number of amides is 1. The fourth-order valence-corrected chi connectivity index (χ4v) is 6.62. The molecule has 142 valence electrons. The van der Waals surface area contributed by atoms with Gasteiger partial charge in [0.15, 0.2) is 9.84 Å². The predicted octanol–water partition coefficient (Wildman–Crippen LogP) is 2.62. The molecule has 26 heavy (non-hydrogen) atoms. The van der Waals surface area contributed by atoms with Crippen molar-refractivity contribution < 1.29 is 13.2 Å². The highest BCUT2D eigenvalue weighted by Crippen LogP contribution is 2.37. The minimum atomic E-state index is -3.25. The number of hydrogen-bond acceptors (Lipinski definition) is 4. The Balaban J connectivity index is 1.43. The lowest BCUT2D eigenvalue weighted by Gasteiger charge is -2.38. The van der Waals surface area contributed by atoms with Crippen LogP contribution in [0.3, 0.4) is 0 Å². The highest BCUT2D eigenvalue weighted by molar-refractivity contribution is 7.92. The number of rotatable bonds is 3. The van der Waals surface area contributed by atoms with Crippen LogP contribution >= 0.6 is 0 Å². The molecule has 3 fully saturated rings. The van der Waals surface area contributed by atoms with Crippen molar-refractivity contribution in [3.8, 4) is 0 Å². The van der Waals surface area contributed by atoms with Gasteiger partial charge in [-0.3, -0.25) is 4.79 Å². The Kier molecular flexibility index (Phi) is 4.82. The van der Waals surface area contributed by atoms with Gasteiger partial charge in [0, 0.05) is 25.2 Å². The SMILES string of the molecule is O=C(c1ccc(S(=O)(=O)C2CCCC2)cc1)N1CCC2(CCNC2)CC1. The summed E-state index contributed by atoms with van der Waals surface area (Å²) in [5.74, 6) is 0.0237. The van der Waals surface area contributed by atoms with Crippen LogP contribution in [0.4, 0.5) is 0 Å².